The summed E-state index contributed by atoms with van der Waals surface area (Å²) in [6.07, 6.45) is 1.14. The molecule has 0 amide bonds. The third-order valence-electron chi connectivity index (χ3n) is 2.82. The summed E-state index contributed by atoms with van der Waals surface area (Å²) in [5.41, 5.74) is 1.12. The number of benzene rings is 1. The Balaban J connectivity index is 0.00000256. The number of hydrogen-bond acceptors (Lipinski definition) is 3. The fourth-order valence-corrected chi connectivity index (χ4v) is 1.74. The van der Waals surface area contributed by atoms with Crippen LogP contribution in [0.4, 0.5) is 0 Å². The lowest BCUT2D eigenvalue weighted by Gasteiger charge is -2.23. The second-order valence-electron chi connectivity index (χ2n) is 4.33. The van der Waals surface area contributed by atoms with E-state index >= 15 is 0 Å². The van der Waals surface area contributed by atoms with Crippen molar-refractivity contribution in [2.75, 3.05) is 20.6 Å². The SMILES string of the molecule is CCC(CNCc1cccc(O)c1)N(C)C.Cl. The van der Waals surface area contributed by atoms with E-state index in [9.17, 15) is 5.11 Å². The van der Waals surface area contributed by atoms with Gasteiger partial charge in [-0.1, -0.05) is 19.1 Å². The molecular formula is C13H23ClN2O. The standard InChI is InChI=1S/C13H22N2O.ClH/c1-4-12(15(2)3)10-14-9-11-6-5-7-13(16)8-11;/h5-8,12,14,16H,4,9-10H2,1-3H3;1H. The van der Waals surface area contributed by atoms with E-state index in [1.54, 1.807) is 12.1 Å². The first-order valence-electron chi connectivity index (χ1n) is 5.78. The Hall–Kier alpha value is -0.770. The number of nitrogens with one attached hydrogen (secondary N) is 1. The van der Waals surface area contributed by atoms with Gasteiger partial charge in [-0.2, -0.15) is 0 Å². The van der Waals surface area contributed by atoms with E-state index in [2.05, 4.69) is 31.2 Å². The first kappa shape index (κ1) is 16.2. The topological polar surface area (TPSA) is 35.5 Å². The van der Waals surface area contributed by atoms with Crippen molar-refractivity contribution in [1.82, 2.24) is 10.2 Å². The van der Waals surface area contributed by atoms with Crippen LogP contribution in [0.15, 0.2) is 24.3 Å². The van der Waals surface area contributed by atoms with Crippen molar-refractivity contribution in [1.29, 1.82) is 0 Å². The van der Waals surface area contributed by atoms with Crippen LogP contribution in [0.3, 0.4) is 0 Å². The molecule has 1 atom stereocenters. The van der Waals surface area contributed by atoms with Gasteiger partial charge in [0.1, 0.15) is 5.75 Å². The van der Waals surface area contributed by atoms with Crippen LogP contribution in [0.5, 0.6) is 5.75 Å². The zero-order chi connectivity index (χ0) is 12.0. The van der Waals surface area contributed by atoms with E-state index in [0.29, 0.717) is 11.8 Å². The Labute approximate surface area is 110 Å². The van der Waals surface area contributed by atoms with Gasteiger partial charge in [0.05, 0.1) is 0 Å². The number of rotatable bonds is 6. The highest BCUT2D eigenvalue weighted by molar-refractivity contribution is 5.85. The fourth-order valence-electron chi connectivity index (χ4n) is 1.74. The third-order valence-corrected chi connectivity index (χ3v) is 2.82. The van der Waals surface area contributed by atoms with Crippen LogP contribution in [0.2, 0.25) is 0 Å². The van der Waals surface area contributed by atoms with Gasteiger partial charge in [-0.05, 0) is 38.2 Å². The molecule has 1 unspecified atom stereocenters. The molecule has 0 aliphatic rings. The molecule has 1 rings (SSSR count). The van der Waals surface area contributed by atoms with Crippen LogP contribution >= 0.6 is 12.4 Å². The van der Waals surface area contributed by atoms with Crippen LogP contribution in [-0.4, -0.2) is 36.7 Å². The third kappa shape index (κ3) is 5.91. The van der Waals surface area contributed by atoms with Gasteiger partial charge in [0, 0.05) is 19.1 Å². The van der Waals surface area contributed by atoms with Crippen molar-refractivity contribution in [2.45, 2.75) is 25.9 Å². The zero-order valence-electron chi connectivity index (χ0n) is 10.8. The summed E-state index contributed by atoms with van der Waals surface area (Å²) in [5, 5.41) is 12.7. The molecule has 0 saturated heterocycles. The summed E-state index contributed by atoms with van der Waals surface area (Å²) in [5.74, 6) is 0.332. The Morgan fingerprint density at radius 3 is 2.59 bits per heavy atom. The lowest BCUT2D eigenvalue weighted by molar-refractivity contribution is 0.276. The summed E-state index contributed by atoms with van der Waals surface area (Å²) in [6, 6.07) is 7.94. The van der Waals surface area contributed by atoms with Crippen LogP contribution in [0, 0.1) is 0 Å². The lowest BCUT2D eigenvalue weighted by Crippen LogP contribution is -2.37. The summed E-state index contributed by atoms with van der Waals surface area (Å²) in [4.78, 5) is 2.23. The van der Waals surface area contributed by atoms with Gasteiger partial charge in [-0.25, -0.2) is 0 Å². The number of hydrogen-bond donors (Lipinski definition) is 2. The Kier molecular flexibility index (Phi) is 7.96. The fraction of sp³-hybridized carbons (Fsp3) is 0.538. The molecule has 0 aliphatic heterocycles. The molecule has 0 saturated carbocycles. The highest BCUT2D eigenvalue weighted by Gasteiger charge is 2.07. The molecule has 0 bridgehead atoms. The van der Waals surface area contributed by atoms with Crippen molar-refractivity contribution < 1.29 is 5.11 Å². The molecule has 2 N–H and O–H groups in total. The molecule has 0 aliphatic carbocycles. The Morgan fingerprint density at radius 1 is 1.35 bits per heavy atom. The molecule has 0 spiro atoms. The van der Waals surface area contributed by atoms with E-state index in [4.69, 9.17) is 0 Å². The molecule has 17 heavy (non-hydrogen) atoms. The predicted octanol–water partition coefficient (Wildman–Crippen LogP) is 2.24. The maximum absolute atomic E-state index is 9.32. The maximum atomic E-state index is 9.32. The number of aromatic hydroxyl groups is 1. The summed E-state index contributed by atoms with van der Waals surface area (Å²) in [7, 11) is 4.20. The summed E-state index contributed by atoms with van der Waals surface area (Å²) < 4.78 is 0. The van der Waals surface area contributed by atoms with Crippen molar-refractivity contribution >= 4 is 12.4 Å². The summed E-state index contributed by atoms with van der Waals surface area (Å²) >= 11 is 0. The average molecular weight is 259 g/mol. The molecule has 0 heterocycles. The van der Waals surface area contributed by atoms with Crippen molar-refractivity contribution in [3.63, 3.8) is 0 Å². The van der Waals surface area contributed by atoms with E-state index in [0.717, 1.165) is 25.1 Å². The smallest absolute Gasteiger partial charge is 0.115 e. The first-order valence-corrected chi connectivity index (χ1v) is 5.78. The molecule has 3 nitrogen and oxygen atoms in total. The first-order chi connectivity index (χ1) is 7.63. The highest BCUT2D eigenvalue weighted by atomic mass is 35.5. The number of phenolic OH excluding ortho intramolecular Hbond substituents is 1. The van der Waals surface area contributed by atoms with Crippen LogP contribution in [0.1, 0.15) is 18.9 Å². The molecule has 0 radical (unpaired) electrons. The average Bonchev–Trinajstić information content (AvgIpc) is 2.24. The van der Waals surface area contributed by atoms with Crippen LogP contribution < -0.4 is 5.32 Å². The molecule has 98 valence electrons. The Morgan fingerprint density at radius 2 is 2.06 bits per heavy atom. The quantitative estimate of drug-likeness (QED) is 0.822. The van der Waals surface area contributed by atoms with Crippen molar-refractivity contribution in [2.24, 2.45) is 0 Å². The number of halogens is 1. The minimum Gasteiger partial charge on any atom is -0.508 e. The highest BCUT2D eigenvalue weighted by Crippen LogP contribution is 2.10. The van der Waals surface area contributed by atoms with Gasteiger partial charge in [-0.15, -0.1) is 12.4 Å². The predicted molar refractivity (Wildman–Crippen MR) is 74.8 cm³/mol. The lowest BCUT2D eigenvalue weighted by atomic mass is 10.2. The van der Waals surface area contributed by atoms with E-state index in [-0.39, 0.29) is 12.4 Å². The largest absolute Gasteiger partial charge is 0.508 e. The number of phenols is 1. The molecular weight excluding hydrogens is 236 g/mol. The van der Waals surface area contributed by atoms with E-state index in [1.807, 2.05) is 12.1 Å². The minimum absolute atomic E-state index is 0. The van der Waals surface area contributed by atoms with Gasteiger partial charge < -0.3 is 15.3 Å². The molecule has 4 heteroatoms. The van der Waals surface area contributed by atoms with Crippen LogP contribution in [0.25, 0.3) is 0 Å². The van der Waals surface area contributed by atoms with Gasteiger partial charge in [-0.3, -0.25) is 0 Å². The number of likely N-dealkylation sites (N-methyl/N-ethyl adjacent to an activating group) is 1. The van der Waals surface area contributed by atoms with E-state index in [1.165, 1.54) is 0 Å². The summed E-state index contributed by atoms with van der Waals surface area (Å²) in [6.45, 7) is 3.97. The van der Waals surface area contributed by atoms with Crippen molar-refractivity contribution in [3.8, 4) is 5.75 Å². The monoisotopic (exact) mass is 258 g/mol. The maximum Gasteiger partial charge on any atom is 0.115 e. The molecule has 0 aromatic heterocycles. The van der Waals surface area contributed by atoms with Crippen LogP contribution in [-0.2, 0) is 6.54 Å². The minimum atomic E-state index is 0. The van der Waals surface area contributed by atoms with Crippen molar-refractivity contribution in [3.05, 3.63) is 29.8 Å². The van der Waals surface area contributed by atoms with Gasteiger partial charge in [0.25, 0.3) is 0 Å². The second-order valence-corrected chi connectivity index (χ2v) is 4.33. The van der Waals surface area contributed by atoms with E-state index < -0.39 is 0 Å². The van der Waals surface area contributed by atoms with Gasteiger partial charge in [0.15, 0.2) is 0 Å². The van der Waals surface area contributed by atoms with Gasteiger partial charge in [0.2, 0.25) is 0 Å². The molecule has 1 aromatic carbocycles. The molecule has 1 aromatic rings. The normalized spacial score (nSPS) is 12.2. The Bertz CT molecular complexity index is 318. The zero-order valence-corrected chi connectivity index (χ0v) is 11.6. The number of nitrogens with zero attached hydrogens (tertiary/aromatic N) is 1. The van der Waals surface area contributed by atoms with Gasteiger partial charge >= 0.3 is 0 Å². The second kappa shape index (κ2) is 8.34. The molecule has 0 fully saturated rings.